The number of nitrogens with zero attached hydrogens (tertiary/aromatic N) is 2. The van der Waals surface area contributed by atoms with Gasteiger partial charge in [0.2, 0.25) is 0 Å². The van der Waals surface area contributed by atoms with Crippen LogP contribution in [0.25, 0.3) is 0 Å². The highest BCUT2D eigenvalue weighted by Crippen LogP contribution is 2.40. The van der Waals surface area contributed by atoms with Crippen molar-refractivity contribution in [1.29, 1.82) is 0 Å². The molecule has 0 atom stereocenters. The third-order valence-electron chi connectivity index (χ3n) is 6.39. The van der Waals surface area contributed by atoms with E-state index in [0.717, 1.165) is 25.9 Å². The largest absolute Gasteiger partial charge is 0.300 e. The van der Waals surface area contributed by atoms with Crippen LogP contribution in [0.2, 0.25) is 0 Å². The maximum absolute atomic E-state index is 2.66. The summed E-state index contributed by atoms with van der Waals surface area (Å²) >= 11 is 0. The molecule has 1 heterocycles. The molecule has 0 N–H and O–H groups in total. The van der Waals surface area contributed by atoms with Gasteiger partial charge in [0.05, 0.1) is 6.04 Å². The minimum absolute atomic E-state index is 0.121. The van der Waals surface area contributed by atoms with Crippen molar-refractivity contribution < 1.29 is 0 Å². The molecule has 28 heavy (non-hydrogen) atoms. The molecule has 2 nitrogen and oxygen atoms in total. The lowest BCUT2D eigenvalue weighted by atomic mass is 9.79. The van der Waals surface area contributed by atoms with Crippen molar-refractivity contribution in [2.24, 2.45) is 0 Å². The molecule has 4 rings (SSSR count). The molecule has 0 unspecified atom stereocenters. The van der Waals surface area contributed by atoms with E-state index in [0.29, 0.717) is 6.04 Å². The third-order valence-corrected chi connectivity index (χ3v) is 6.39. The lowest BCUT2D eigenvalue weighted by Gasteiger charge is -2.48. The summed E-state index contributed by atoms with van der Waals surface area (Å²) in [6.07, 6.45) is 2.28. The number of rotatable bonds is 5. The lowest BCUT2D eigenvalue weighted by molar-refractivity contribution is 0.0416. The first kappa shape index (κ1) is 18.9. The highest BCUT2D eigenvalue weighted by Gasteiger charge is 2.39. The molecule has 0 spiro atoms. The molecular formula is C26H30N2. The van der Waals surface area contributed by atoms with Gasteiger partial charge in [-0.05, 0) is 43.6 Å². The average molecular weight is 371 g/mol. The Morgan fingerprint density at radius 3 is 1.54 bits per heavy atom. The van der Waals surface area contributed by atoms with E-state index in [2.05, 4.69) is 115 Å². The Hall–Kier alpha value is -2.42. The Kier molecular flexibility index (Phi) is 5.61. The van der Waals surface area contributed by atoms with E-state index in [1.165, 1.54) is 16.7 Å². The van der Waals surface area contributed by atoms with Crippen molar-refractivity contribution in [1.82, 2.24) is 9.80 Å². The normalized spacial score (nSPS) is 17.1. The summed E-state index contributed by atoms with van der Waals surface area (Å²) in [6, 6.07) is 33.3. The molecule has 0 radical (unpaired) electrons. The molecule has 2 heteroatoms. The maximum atomic E-state index is 2.66. The van der Waals surface area contributed by atoms with Crippen molar-refractivity contribution in [3.63, 3.8) is 0 Å². The van der Waals surface area contributed by atoms with Crippen LogP contribution in [0.15, 0.2) is 91.0 Å². The number of piperidine rings is 1. The molecule has 3 aromatic rings. The van der Waals surface area contributed by atoms with Crippen LogP contribution in [-0.4, -0.2) is 37.0 Å². The number of hydrogen-bond acceptors (Lipinski definition) is 2. The SMILES string of the molecule is CN(C)C1(c2ccccc2)CCN(C(c2ccccc2)c2ccccc2)CC1. The molecular weight excluding hydrogens is 340 g/mol. The van der Waals surface area contributed by atoms with Crippen LogP contribution < -0.4 is 0 Å². The van der Waals surface area contributed by atoms with Crippen molar-refractivity contribution in [2.75, 3.05) is 27.2 Å². The predicted molar refractivity (Wildman–Crippen MR) is 117 cm³/mol. The minimum atomic E-state index is 0.121. The summed E-state index contributed by atoms with van der Waals surface area (Å²) in [5.74, 6) is 0. The minimum Gasteiger partial charge on any atom is -0.300 e. The maximum Gasteiger partial charge on any atom is 0.0601 e. The fourth-order valence-electron chi connectivity index (χ4n) is 4.78. The van der Waals surface area contributed by atoms with Crippen molar-refractivity contribution in [3.05, 3.63) is 108 Å². The first-order valence-corrected chi connectivity index (χ1v) is 10.3. The zero-order valence-corrected chi connectivity index (χ0v) is 17.0. The highest BCUT2D eigenvalue weighted by atomic mass is 15.2. The molecule has 0 aliphatic carbocycles. The Labute approximate surface area is 169 Å². The molecule has 144 valence electrons. The van der Waals surface area contributed by atoms with Crippen LogP contribution in [0.3, 0.4) is 0 Å². The topological polar surface area (TPSA) is 6.48 Å². The van der Waals surface area contributed by atoms with Crippen LogP contribution in [0, 0.1) is 0 Å². The van der Waals surface area contributed by atoms with Crippen molar-refractivity contribution >= 4 is 0 Å². The van der Waals surface area contributed by atoms with E-state index >= 15 is 0 Å². The Bertz CT molecular complexity index is 811. The summed E-state index contributed by atoms with van der Waals surface area (Å²) in [4.78, 5) is 5.09. The number of hydrogen-bond donors (Lipinski definition) is 0. The zero-order valence-electron chi connectivity index (χ0n) is 17.0. The predicted octanol–water partition coefficient (Wildman–Crippen LogP) is 5.33. The zero-order chi connectivity index (χ0) is 19.4. The van der Waals surface area contributed by atoms with E-state index in [1.54, 1.807) is 0 Å². The number of benzene rings is 3. The fraction of sp³-hybridized carbons (Fsp3) is 0.308. The van der Waals surface area contributed by atoms with Gasteiger partial charge in [0.15, 0.2) is 0 Å². The lowest BCUT2D eigenvalue weighted by Crippen LogP contribution is -2.51. The van der Waals surface area contributed by atoms with Gasteiger partial charge >= 0.3 is 0 Å². The molecule has 0 amide bonds. The van der Waals surface area contributed by atoms with Gasteiger partial charge in [-0.3, -0.25) is 9.80 Å². The summed E-state index contributed by atoms with van der Waals surface area (Å²) < 4.78 is 0. The first-order chi connectivity index (χ1) is 13.7. The van der Waals surface area contributed by atoms with Crippen LogP contribution in [-0.2, 0) is 5.54 Å². The van der Waals surface area contributed by atoms with Gasteiger partial charge in [0.25, 0.3) is 0 Å². The van der Waals surface area contributed by atoms with Crippen LogP contribution in [0.4, 0.5) is 0 Å². The smallest absolute Gasteiger partial charge is 0.0601 e. The summed E-state index contributed by atoms with van der Waals surface area (Å²) in [6.45, 7) is 2.17. The Balaban J connectivity index is 1.63. The summed E-state index contributed by atoms with van der Waals surface area (Å²) in [5, 5.41) is 0. The number of likely N-dealkylation sites (tertiary alicyclic amines) is 1. The average Bonchev–Trinajstić information content (AvgIpc) is 2.76. The van der Waals surface area contributed by atoms with E-state index in [1.807, 2.05) is 0 Å². The Morgan fingerprint density at radius 2 is 1.11 bits per heavy atom. The van der Waals surface area contributed by atoms with Gasteiger partial charge in [-0.2, -0.15) is 0 Å². The van der Waals surface area contributed by atoms with Crippen molar-refractivity contribution in [3.8, 4) is 0 Å². The fourth-order valence-corrected chi connectivity index (χ4v) is 4.78. The second kappa shape index (κ2) is 8.30. The molecule has 1 fully saturated rings. The van der Waals surface area contributed by atoms with Gasteiger partial charge in [-0.1, -0.05) is 91.0 Å². The van der Waals surface area contributed by atoms with Gasteiger partial charge < -0.3 is 0 Å². The van der Waals surface area contributed by atoms with Gasteiger partial charge in [-0.15, -0.1) is 0 Å². The molecule has 1 aliphatic rings. The molecule has 0 saturated carbocycles. The van der Waals surface area contributed by atoms with E-state index in [-0.39, 0.29) is 5.54 Å². The first-order valence-electron chi connectivity index (χ1n) is 10.3. The second-order valence-corrected chi connectivity index (χ2v) is 8.05. The van der Waals surface area contributed by atoms with Crippen LogP contribution in [0.5, 0.6) is 0 Å². The highest BCUT2D eigenvalue weighted by molar-refractivity contribution is 5.33. The van der Waals surface area contributed by atoms with E-state index in [9.17, 15) is 0 Å². The summed E-state index contributed by atoms with van der Waals surface area (Å²) in [7, 11) is 4.46. The monoisotopic (exact) mass is 370 g/mol. The second-order valence-electron chi connectivity index (χ2n) is 8.05. The molecule has 0 aromatic heterocycles. The standard InChI is InChI=1S/C26H30N2/c1-27(2)26(24-16-10-5-11-17-24)18-20-28(21-19-26)25(22-12-6-3-7-13-22)23-14-8-4-9-15-23/h3-17,25H,18-21H2,1-2H3. The third kappa shape index (κ3) is 3.63. The van der Waals surface area contributed by atoms with Crippen molar-refractivity contribution in [2.45, 2.75) is 24.4 Å². The molecule has 1 aliphatic heterocycles. The molecule has 3 aromatic carbocycles. The van der Waals surface area contributed by atoms with Crippen LogP contribution in [0.1, 0.15) is 35.6 Å². The van der Waals surface area contributed by atoms with Gasteiger partial charge in [-0.25, -0.2) is 0 Å². The van der Waals surface area contributed by atoms with E-state index in [4.69, 9.17) is 0 Å². The van der Waals surface area contributed by atoms with Gasteiger partial charge in [0.1, 0.15) is 0 Å². The van der Waals surface area contributed by atoms with Crippen LogP contribution >= 0.6 is 0 Å². The molecule has 1 saturated heterocycles. The quantitative estimate of drug-likeness (QED) is 0.599. The molecule has 0 bridgehead atoms. The Morgan fingerprint density at radius 1 is 0.679 bits per heavy atom. The summed E-state index contributed by atoms with van der Waals surface area (Å²) in [5.41, 5.74) is 4.32. The van der Waals surface area contributed by atoms with E-state index < -0.39 is 0 Å². The van der Waals surface area contributed by atoms with Gasteiger partial charge in [0, 0.05) is 18.6 Å².